The van der Waals surface area contributed by atoms with Crippen molar-refractivity contribution in [2.75, 3.05) is 12.4 Å². The summed E-state index contributed by atoms with van der Waals surface area (Å²) in [7, 11) is 1.76. The molecule has 0 aliphatic heterocycles. The number of hydrogen-bond acceptors (Lipinski definition) is 6. The SMILES string of the molecule is CNc1nc(-n2nnc3ccccc32)c2cn[nH]c2n1. The molecular weight excluding hydrogens is 256 g/mol. The normalized spacial score (nSPS) is 11.2. The smallest absolute Gasteiger partial charge is 0.226 e. The summed E-state index contributed by atoms with van der Waals surface area (Å²) in [6.45, 7) is 0. The molecule has 8 heteroatoms. The first kappa shape index (κ1) is 10.9. The zero-order chi connectivity index (χ0) is 13.5. The van der Waals surface area contributed by atoms with Crippen molar-refractivity contribution in [1.29, 1.82) is 0 Å². The van der Waals surface area contributed by atoms with Crippen LogP contribution in [0.15, 0.2) is 30.5 Å². The lowest BCUT2D eigenvalue weighted by Crippen LogP contribution is -2.05. The van der Waals surface area contributed by atoms with E-state index in [0.29, 0.717) is 17.4 Å². The van der Waals surface area contributed by atoms with Crippen molar-refractivity contribution >= 4 is 28.0 Å². The number of aromatic amines is 1. The minimum atomic E-state index is 0.497. The average molecular weight is 266 g/mol. The van der Waals surface area contributed by atoms with Crippen molar-refractivity contribution in [2.45, 2.75) is 0 Å². The van der Waals surface area contributed by atoms with Crippen LogP contribution in [0.5, 0.6) is 0 Å². The molecule has 0 unspecified atom stereocenters. The zero-order valence-electron chi connectivity index (χ0n) is 10.6. The lowest BCUT2D eigenvalue weighted by Gasteiger charge is -2.05. The van der Waals surface area contributed by atoms with Gasteiger partial charge >= 0.3 is 0 Å². The van der Waals surface area contributed by atoms with Crippen LogP contribution in [0.25, 0.3) is 27.9 Å². The van der Waals surface area contributed by atoms with E-state index < -0.39 is 0 Å². The standard InChI is InChI=1S/C12H10N8/c1-13-12-15-10-7(6-14-18-10)11(16-12)20-9-5-3-2-4-8(9)17-19-20/h2-6H,1H3,(H2,13,14,15,16,18). The second kappa shape index (κ2) is 3.98. The first-order chi connectivity index (χ1) is 9.86. The molecule has 4 rings (SSSR count). The maximum atomic E-state index is 4.46. The maximum absolute atomic E-state index is 4.46. The van der Waals surface area contributed by atoms with E-state index in [2.05, 4.69) is 35.8 Å². The molecule has 0 saturated heterocycles. The Labute approximate surface area is 112 Å². The highest BCUT2D eigenvalue weighted by Crippen LogP contribution is 2.21. The van der Waals surface area contributed by atoms with Gasteiger partial charge in [-0.15, -0.1) is 5.10 Å². The number of nitrogens with one attached hydrogen (secondary N) is 2. The van der Waals surface area contributed by atoms with Crippen molar-refractivity contribution in [2.24, 2.45) is 0 Å². The van der Waals surface area contributed by atoms with Crippen molar-refractivity contribution < 1.29 is 0 Å². The lowest BCUT2D eigenvalue weighted by atomic mass is 10.3. The van der Waals surface area contributed by atoms with Crippen LogP contribution in [0.3, 0.4) is 0 Å². The Hall–Kier alpha value is -3.03. The number of benzene rings is 1. The summed E-state index contributed by atoms with van der Waals surface area (Å²) >= 11 is 0. The van der Waals surface area contributed by atoms with Crippen LogP contribution in [0.4, 0.5) is 5.95 Å². The number of nitrogens with zero attached hydrogens (tertiary/aromatic N) is 6. The molecule has 4 aromatic rings. The summed E-state index contributed by atoms with van der Waals surface area (Å²) in [6.07, 6.45) is 1.68. The number of H-pyrrole nitrogens is 1. The molecule has 0 amide bonds. The topological polar surface area (TPSA) is 97.2 Å². The summed E-state index contributed by atoms with van der Waals surface area (Å²) in [4.78, 5) is 8.76. The molecule has 0 bridgehead atoms. The molecule has 1 aromatic carbocycles. The van der Waals surface area contributed by atoms with Gasteiger partial charge in [-0.3, -0.25) is 5.10 Å². The van der Waals surface area contributed by atoms with Gasteiger partial charge in [0.1, 0.15) is 5.52 Å². The Bertz CT molecular complexity index is 906. The number of anilines is 1. The highest BCUT2D eigenvalue weighted by Gasteiger charge is 2.14. The molecule has 3 heterocycles. The lowest BCUT2D eigenvalue weighted by molar-refractivity contribution is 0.806. The Morgan fingerprint density at radius 1 is 1.20 bits per heavy atom. The Morgan fingerprint density at radius 2 is 2.10 bits per heavy atom. The van der Waals surface area contributed by atoms with Gasteiger partial charge in [0.15, 0.2) is 11.5 Å². The second-order valence-corrected chi connectivity index (χ2v) is 4.24. The molecule has 0 radical (unpaired) electrons. The maximum Gasteiger partial charge on any atom is 0.226 e. The van der Waals surface area contributed by atoms with Crippen molar-refractivity contribution in [3.63, 3.8) is 0 Å². The third-order valence-electron chi connectivity index (χ3n) is 3.07. The fraction of sp³-hybridized carbons (Fsp3) is 0.0833. The van der Waals surface area contributed by atoms with Crippen LogP contribution < -0.4 is 5.32 Å². The molecular formula is C12H10N8. The predicted molar refractivity (Wildman–Crippen MR) is 73.7 cm³/mol. The van der Waals surface area contributed by atoms with Crippen LogP contribution in [0.1, 0.15) is 0 Å². The fourth-order valence-electron chi connectivity index (χ4n) is 2.12. The van der Waals surface area contributed by atoms with Crippen LogP contribution in [-0.4, -0.2) is 42.2 Å². The van der Waals surface area contributed by atoms with Gasteiger partial charge in [-0.1, -0.05) is 17.3 Å². The predicted octanol–water partition coefficient (Wildman–Crippen LogP) is 1.13. The van der Waals surface area contributed by atoms with Gasteiger partial charge in [-0.05, 0) is 12.1 Å². The molecule has 0 atom stereocenters. The Kier molecular flexibility index (Phi) is 2.16. The van der Waals surface area contributed by atoms with Gasteiger partial charge in [0.25, 0.3) is 0 Å². The number of fused-ring (bicyclic) bond motifs is 2. The third-order valence-corrected chi connectivity index (χ3v) is 3.07. The van der Waals surface area contributed by atoms with Gasteiger partial charge < -0.3 is 5.32 Å². The highest BCUT2D eigenvalue weighted by molar-refractivity contribution is 5.85. The van der Waals surface area contributed by atoms with Crippen LogP contribution in [0, 0.1) is 0 Å². The van der Waals surface area contributed by atoms with E-state index in [1.165, 1.54) is 0 Å². The van der Waals surface area contributed by atoms with Crippen LogP contribution >= 0.6 is 0 Å². The molecule has 0 aliphatic carbocycles. The van der Waals surface area contributed by atoms with Gasteiger partial charge in [0.2, 0.25) is 5.95 Å². The van der Waals surface area contributed by atoms with E-state index in [1.54, 1.807) is 17.9 Å². The monoisotopic (exact) mass is 266 g/mol. The zero-order valence-corrected chi connectivity index (χ0v) is 10.6. The summed E-state index contributed by atoms with van der Waals surface area (Å²) in [6, 6.07) is 7.72. The van der Waals surface area contributed by atoms with Gasteiger partial charge in [-0.2, -0.15) is 19.7 Å². The quantitative estimate of drug-likeness (QED) is 0.564. The van der Waals surface area contributed by atoms with E-state index in [0.717, 1.165) is 16.4 Å². The van der Waals surface area contributed by atoms with Crippen LogP contribution in [0.2, 0.25) is 0 Å². The number of aromatic nitrogens is 7. The number of hydrogen-bond donors (Lipinski definition) is 2. The van der Waals surface area contributed by atoms with E-state index in [-0.39, 0.29) is 0 Å². The summed E-state index contributed by atoms with van der Waals surface area (Å²) in [5, 5.41) is 18.9. The summed E-state index contributed by atoms with van der Waals surface area (Å²) < 4.78 is 1.69. The third kappa shape index (κ3) is 1.44. The molecule has 0 spiro atoms. The van der Waals surface area contributed by atoms with Crippen molar-refractivity contribution in [3.8, 4) is 5.82 Å². The number of para-hydroxylation sites is 1. The van der Waals surface area contributed by atoms with E-state index in [4.69, 9.17) is 0 Å². The molecule has 20 heavy (non-hydrogen) atoms. The minimum Gasteiger partial charge on any atom is -0.357 e. The van der Waals surface area contributed by atoms with Gasteiger partial charge in [0.05, 0.1) is 17.1 Å². The second-order valence-electron chi connectivity index (χ2n) is 4.24. The van der Waals surface area contributed by atoms with E-state index in [9.17, 15) is 0 Å². The number of rotatable bonds is 2. The van der Waals surface area contributed by atoms with Crippen molar-refractivity contribution in [3.05, 3.63) is 30.5 Å². The first-order valence-corrected chi connectivity index (χ1v) is 6.06. The molecule has 8 nitrogen and oxygen atoms in total. The highest BCUT2D eigenvalue weighted by atomic mass is 15.4. The largest absolute Gasteiger partial charge is 0.357 e. The summed E-state index contributed by atoms with van der Waals surface area (Å²) in [5.74, 6) is 1.14. The average Bonchev–Trinajstić information content (AvgIpc) is 3.12. The molecule has 2 N–H and O–H groups in total. The Morgan fingerprint density at radius 3 is 3.00 bits per heavy atom. The van der Waals surface area contributed by atoms with Crippen molar-refractivity contribution in [1.82, 2.24) is 35.2 Å². The van der Waals surface area contributed by atoms with Gasteiger partial charge in [0, 0.05) is 7.05 Å². The van der Waals surface area contributed by atoms with Gasteiger partial charge in [-0.25, -0.2) is 0 Å². The first-order valence-electron chi connectivity index (χ1n) is 6.06. The molecule has 0 saturated carbocycles. The summed E-state index contributed by atoms with van der Waals surface area (Å²) in [5.41, 5.74) is 2.35. The molecule has 98 valence electrons. The molecule has 0 fully saturated rings. The Balaban J connectivity index is 2.08. The molecule has 3 aromatic heterocycles. The van der Waals surface area contributed by atoms with E-state index in [1.807, 2.05) is 24.3 Å². The minimum absolute atomic E-state index is 0.497. The van der Waals surface area contributed by atoms with E-state index >= 15 is 0 Å². The molecule has 0 aliphatic rings. The fourth-order valence-corrected chi connectivity index (χ4v) is 2.12. The van der Waals surface area contributed by atoms with Crippen LogP contribution in [-0.2, 0) is 0 Å².